The van der Waals surface area contributed by atoms with Crippen LogP contribution in [0.5, 0.6) is 0 Å². The summed E-state index contributed by atoms with van der Waals surface area (Å²) in [6, 6.07) is 2.22. The van der Waals surface area contributed by atoms with Crippen molar-refractivity contribution in [1.82, 2.24) is 14.7 Å². The minimum atomic E-state index is -5.08. The summed E-state index contributed by atoms with van der Waals surface area (Å²) < 4.78 is 39.5. The molecular formula is C18H24F3N3O3S. The van der Waals surface area contributed by atoms with E-state index in [0.29, 0.717) is 5.92 Å². The summed E-state index contributed by atoms with van der Waals surface area (Å²) >= 11 is 1.77. The highest BCUT2D eigenvalue weighted by atomic mass is 32.1. The molecule has 0 amide bonds. The van der Waals surface area contributed by atoms with Crippen LogP contribution in [0, 0.1) is 0 Å². The summed E-state index contributed by atoms with van der Waals surface area (Å²) in [5.41, 5.74) is 4.01. The Kier molecular flexibility index (Phi) is 8.02. The summed E-state index contributed by atoms with van der Waals surface area (Å²) in [6.07, 6.45) is -2.88. The van der Waals surface area contributed by atoms with Gasteiger partial charge in [-0.25, -0.2) is 4.79 Å². The Morgan fingerprint density at radius 2 is 2.14 bits per heavy atom. The Morgan fingerprint density at radius 1 is 1.43 bits per heavy atom. The van der Waals surface area contributed by atoms with Crippen LogP contribution < -0.4 is 0 Å². The van der Waals surface area contributed by atoms with E-state index in [4.69, 9.17) is 19.7 Å². The second-order valence-corrected chi connectivity index (χ2v) is 7.14. The molecular weight excluding hydrogens is 395 g/mol. The van der Waals surface area contributed by atoms with Crippen molar-refractivity contribution >= 4 is 17.3 Å². The predicted molar refractivity (Wildman–Crippen MR) is 99.3 cm³/mol. The summed E-state index contributed by atoms with van der Waals surface area (Å²) in [5.74, 6) is -2.37. The first-order valence-electron chi connectivity index (χ1n) is 8.92. The zero-order chi connectivity index (χ0) is 20.7. The van der Waals surface area contributed by atoms with E-state index in [1.807, 2.05) is 0 Å². The molecule has 156 valence electrons. The lowest BCUT2D eigenvalue weighted by atomic mass is 9.97. The van der Waals surface area contributed by atoms with Crippen molar-refractivity contribution in [3.63, 3.8) is 0 Å². The molecule has 1 N–H and O–H groups in total. The normalized spacial score (nSPS) is 17.0. The van der Waals surface area contributed by atoms with Gasteiger partial charge in [0.05, 0.1) is 12.3 Å². The van der Waals surface area contributed by atoms with Crippen molar-refractivity contribution in [2.24, 2.45) is 0 Å². The maximum absolute atomic E-state index is 10.6. The number of rotatable bonds is 6. The van der Waals surface area contributed by atoms with Crippen molar-refractivity contribution in [1.29, 1.82) is 0 Å². The molecule has 3 rings (SSSR count). The number of carboxylic acids is 1. The highest BCUT2D eigenvalue weighted by Crippen LogP contribution is 2.28. The van der Waals surface area contributed by atoms with E-state index in [1.54, 1.807) is 11.3 Å². The average Bonchev–Trinajstić information content (AvgIpc) is 3.28. The first kappa shape index (κ1) is 22.4. The number of alkyl halides is 3. The topological polar surface area (TPSA) is 67.6 Å². The monoisotopic (exact) mass is 419 g/mol. The Bertz CT molecular complexity index is 747. The van der Waals surface area contributed by atoms with Crippen LogP contribution in [-0.4, -0.2) is 51.7 Å². The van der Waals surface area contributed by atoms with E-state index >= 15 is 0 Å². The molecule has 0 aliphatic carbocycles. The van der Waals surface area contributed by atoms with Gasteiger partial charge in [0.15, 0.2) is 0 Å². The molecule has 0 saturated heterocycles. The number of carboxylic acid groups (broad SMARTS) is 1. The van der Waals surface area contributed by atoms with Gasteiger partial charge in [-0.15, -0.1) is 0 Å². The van der Waals surface area contributed by atoms with Gasteiger partial charge in [-0.05, 0) is 36.2 Å². The van der Waals surface area contributed by atoms with Gasteiger partial charge in [-0.2, -0.15) is 29.6 Å². The molecule has 0 aromatic carbocycles. The molecule has 1 aliphatic rings. The zero-order valence-electron chi connectivity index (χ0n) is 15.8. The quantitative estimate of drug-likeness (QED) is 0.773. The summed E-state index contributed by atoms with van der Waals surface area (Å²) in [6.45, 7) is 9.70. The molecule has 2 aromatic heterocycles. The number of hydrogen-bond acceptors (Lipinski definition) is 5. The number of carbonyl (C=O) groups is 1. The van der Waals surface area contributed by atoms with E-state index < -0.39 is 12.1 Å². The van der Waals surface area contributed by atoms with E-state index in [0.717, 1.165) is 39.4 Å². The third-order valence-electron chi connectivity index (χ3n) is 4.21. The molecule has 3 heterocycles. The molecule has 0 bridgehead atoms. The third kappa shape index (κ3) is 6.32. The lowest BCUT2D eigenvalue weighted by Gasteiger charge is -2.31. The number of aryl methyl sites for hydroxylation is 1. The molecule has 2 aromatic rings. The van der Waals surface area contributed by atoms with Gasteiger partial charge < -0.3 is 9.84 Å². The fraction of sp³-hybridized carbons (Fsp3) is 0.556. The second-order valence-electron chi connectivity index (χ2n) is 6.36. The molecule has 6 nitrogen and oxygen atoms in total. The summed E-state index contributed by atoms with van der Waals surface area (Å²) in [5, 5.41) is 16.3. The Morgan fingerprint density at radius 3 is 2.68 bits per heavy atom. The van der Waals surface area contributed by atoms with Gasteiger partial charge in [0, 0.05) is 50.5 Å². The molecule has 1 aliphatic heterocycles. The molecule has 28 heavy (non-hydrogen) atoms. The Hall–Kier alpha value is -1.91. The van der Waals surface area contributed by atoms with E-state index in [9.17, 15) is 13.2 Å². The maximum Gasteiger partial charge on any atom is 0.490 e. The number of fused-ring (bicyclic) bond motifs is 1. The minimum Gasteiger partial charge on any atom is -0.475 e. The first-order valence-corrected chi connectivity index (χ1v) is 9.86. The minimum absolute atomic E-state index is 0.389. The number of ether oxygens (including phenoxy) is 1. The van der Waals surface area contributed by atoms with Gasteiger partial charge in [-0.1, -0.05) is 0 Å². The highest BCUT2D eigenvalue weighted by Gasteiger charge is 2.38. The number of aromatic nitrogens is 2. The van der Waals surface area contributed by atoms with Crippen molar-refractivity contribution in [2.45, 2.75) is 45.6 Å². The van der Waals surface area contributed by atoms with E-state index in [1.165, 1.54) is 16.8 Å². The molecule has 0 saturated carbocycles. The lowest BCUT2D eigenvalue weighted by molar-refractivity contribution is -0.192. The van der Waals surface area contributed by atoms with Gasteiger partial charge in [-0.3, -0.25) is 9.58 Å². The molecule has 0 spiro atoms. The largest absolute Gasteiger partial charge is 0.490 e. The van der Waals surface area contributed by atoms with Gasteiger partial charge in [0.25, 0.3) is 0 Å². The summed E-state index contributed by atoms with van der Waals surface area (Å²) in [4.78, 5) is 11.4. The van der Waals surface area contributed by atoms with Crippen LogP contribution >= 0.6 is 11.3 Å². The number of hydrogen-bond donors (Lipinski definition) is 1. The van der Waals surface area contributed by atoms with Crippen molar-refractivity contribution < 1.29 is 27.8 Å². The first-order chi connectivity index (χ1) is 13.2. The van der Waals surface area contributed by atoms with Crippen LogP contribution in [0.2, 0.25) is 0 Å². The Balaban J connectivity index is 0.000000345. The van der Waals surface area contributed by atoms with Crippen molar-refractivity contribution in [3.05, 3.63) is 39.8 Å². The number of nitrogens with zero attached hydrogens (tertiary/aromatic N) is 3. The van der Waals surface area contributed by atoms with Crippen LogP contribution in [0.3, 0.4) is 0 Å². The standard InChI is InChI=1S/C16H23N3OS.C2HF3O2/c1-3-19-10-14-8-18(7-13-5-6-21-12-13)9-15(11-20-4-2)16(14)17-19;3-2(4,5)1(6)7/h5-6,10,12,15H,3-4,7-9,11H2,1-2H3;(H,6,7). The second kappa shape index (κ2) is 10.0. The van der Waals surface area contributed by atoms with Crippen LogP contribution in [-0.2, 0) is 29.2 Å². The predicted octanol–water partition coefficient (Wildman–Crippen LogP) is 3.73. The van der Waals surface area contributed by atoms with Crippen LogP contribution in [0.1, 0.15) is 36.6 Å². The number of thiophene rings is 1. The smallest absolute Gasteiger partial charge is 0.475 e. The lowest BCUT2D eigenvalue weighted by Crippen LogP contribution is -2.34. The van der Waals surface area contributed by atoms with Gasteiger partial charge in [0.1, 0.15) is 0 Å². The highest BCUT2D eigenvalue weighted by molar-refractivity contribution is 7.07. The van der Waals surface area contributed by atoms with Crippen molar-refractivity contribution in [3.8, 4) is 0 Å². The molecule has 0 radical (unpaired) electrons. The molecule has 1 atom stereocenters. The molecule has 1 unspecified atom stereocenters. The summed E-state index contributed by atoms with van der Waals surface area (Å²) in [7, 11) is 0. The number of aliphatic carboxylic acids is 1. The van der Waals surface area contributed by atoms with Crippen LogP contribution in [0.15, 0.2) is 23.0 Å². The molecule has 0 fully saturated rings. The van der Waals surface area contributed by atoms with Gasteiger partial charge in [0.2, 0.25) is 0 Å². The molecule has 10 heteroatoms. The fourth-order valence-corrected chi connectivity index (χ4v) is 3.62. The Labute approximate surface area is 165 Å². The third-order valence-corrected chi connectivity index (χ3v) is 4.94. The van der Waals surface area contributed by atoms with Crippen molar-refractivity contribution in [2.75, 3.05) is 19.8 Å². The maximum atomic E-state index is 10.6. The average molecular weight is 419 g/mol. The van der Waals surface area contributed by atoms with Gasteiger partial charge >= 0.3 is 12.1 Å². The van der Waals surface area contributed by atoms with E-state index in [-0.39, 0.29) is 0 Å². The van der Waals surface area contributed by atoms with Crippen LogP contribution in [0.25, 0.3) is 0 Å². The zero-order valence-corrected chi connectivity index (χ0v) is 16.6. The number of halogens is 3. The van der Waals surface area contributed by atoms with E-state index in [2.05, 4.69) is 46.5 Å². The van der Waals surface area contributed by atoms with Crippen LogP contribution in [0.4, 0.5) is 13.2 Å². The SMILES string of the molecule is CCOCC1CN(Cc2ccsc2)Cc2cn(CC)nc21.O=C(O)C(F)(F)F. The fourth-order valence-electron chi connectivity index (χ4n) is 2.96.